The van der Waals surface area contributed by atoms with Crippen LogP contribution in [-0.4, -0.2) is 25.9 Å². The van der Waals surface area contributed by atoms with Crippen LogP contribution < -0.4 is 0 Å². The van der Waals surface area contributed by atoms with Crippen LogP contribution in [0.2, 0.25) is 0 Å². The standard InChI is InChI=1S/C12H12N4O/c17-15-11-8-4-7-10-12(11)14-16(13-10)9-5-2-1-3-6-9/h1-3,5-6,17H,4,7-8H2/b15-11-. The third kappa shape index (κ3) is 1.69. The molecule has 1 aliphatic rings. The first kappa shape index (κ1) is 10.0. The van der Waals surface area contributed by atoms with E-state index in [-0.39, 0.29) is 0 Å². The molecule has 0 fully saturated rings. The van der Waals surface area contributed by atoms with Gasteiger partial charge in [0, 0.05) is 0 Å². The monoisotopic (exact) mass is 228 g/mol. The third-order valence-electron chi connectivity index (χ3n) is 2.89. The Balaban J connectivity index is 2.08. The van der Waals surface area contributed by atoms with Gasteiger partial charge in [0.25, 0.3) is 0 Å². The van der Waals surface area contributed by atoms with Crippen LogP contribution in [0.1, 0.15) is 24.2 Å². The second kappa shape index (κ2) is 4.01. The molecule has 0 saturated heterocycles. The number of oxime groups is 1. The van der Waals surface area contributed by atoms with Crippen molar-refractivity contribution in [2.45, 2.75) is 19.3 Å². The van der Waals surface area contributed by atoms with E-state index in [0.29, 0.717) is 5.71 Å². The topological polar surface area (TPSA) is 63.3 Å². The second-order valence-corrected chi connectivity index (χ2v) is 4.02. The van der Waals surface area contributed by atoms with Gasteiger partial charge < -0.3 is 5.21 Å². The summed E-state index contributed by atoms with van der Waals surface area (Å²) in [7, 11) is 0. The van der Waals surface area contributed by atoms with E-state index >= 15 is 0 Å². The molecule has 3 rings (SSSR count). The van der Waals surface area contributed by atoms with Crippen LogP contribution in [0.4, 0.5) is 0 Å². The molecule has 1 aromatic heterocycles. The normalized spacial score (nSPS) is 17.1. The molecule has 0 atom stereocenters. The molecule has 1 aromatic carbocycles. The first-order chi connectivity index (χ1) is 8.38. The van der Waals surface area contributed by atoms with Gasteiger partial charge in [-0.2, -0.15) is 9.90 Å². The number of hydrogen-bond donors (Lipinski definition) is 1. The van der Waals surface area contributed by atoms with Gasteiger partial charge in [-0.3, -0.25) is 0 Å². The first-order valence-corrected chi connectivity index (χ1v) is 5.61. The van der Waals surface area contributed by atoms with Crippen LogP contribution in [0.3, 0.4) is 0 Å². The van der Waals surface area contributed by atoms with E-state index in [1.54, 1.807) is 4.80 Å². The summed E-state index contributed by atoms with van der Waals surface area (Å²) >= 11 is 0. The van der Waals surface area contributed by atoms with Crippen LogP contribution in [0.25, 0.3) is 5.69 Å². The number of para-hydroxylation sites is 1. The van der Waals surface area contributed by atoms with E-state index < -0.39 is 0 Å². The number of rotatable bonds is 1. The van der Waals surface area contributed by atoms with Gasteiger partial charge in [-0.05, 0) is 31.4 Å². The molecule has 0 spiro atoms. The van der Waals surface area contributed by atoms with E-state index in [9.17, 15) is 0 Å². The van der Waals surface area contributed by atoms with Gasteiger partial charge in [0.2, 0.25) is 0 Å². The predicted octanol–water partition coefficient (Wildman–Crippen LogP) is 1.78. The maximum atomic E-state index is 8.93. The van der Waals surface area contributed by atoms with Gasteiger partial charge in [-0.15, -0.1) is 5.10 Å². The van der Waals surface area contributed by atoms with Crippen molar-refractivity contribution in [3.05, 3.63) is 41.7 Å². The SMILES string of the molecule is O/N=C1/CCCc2nn(-c3ccccc3)nc21. The fraction of sp³-hybridized carbons (Fsp3) is 0.250. The molecule has 0 amide bonds. The van der Waals surface area contributed by atoms with Crippen LogP contribution in [0.15, 0.2) is 35.5 Å². The number of benzene rings is 1. The largest absolute Gasteiger partial charge is 0.411 e. The molecule has 0 bridgehead atoms. The lowest BCUT2D eigenvalue weighted by molar-refractivity contribution is 0.317. The lowest BCUT2D eigenvalue weighted by Gasteiger charge is -2.07. The van der Waals surface area contributed by atoms with Gasteiger partial charge >= 0.3 is 0 Å². The molecule has 5 nitrogen and oxygen atoms in total. The molecule has 0 aliphatic heterocycles. The summed E-state index contributed by atoms with van der Waals surface area (Å²) < 4.78 is 0. The van der Waals surface area contributed by atoms with Gasteiger partial charge in [0.1, 0.15) is 11.4 Å². The van der Waals surface area contributed by atoms with E-state index in [1.807, 2.05) is 30.3 Å². The maximum absolute atomic E-state index is 8.93. The van der Waals surface area contributed by atoms with Crippen LogP contribution in [0, 0.1) is 0 Å². The Morgan fingerprint density at radius 2 is 1.94 bits per heavy atom. The average molecular weight is 228 g/mol. The number of aromatic nitrogens is 3. The number of hydrogen-bond acceptors (Lipinski definition) is 4. The fourth-order valence-corrected chi connectivity index (χ4v) is 2.05. The van der Waals surface area contributed by atoms with Crippen molar-refractivity contribution < 1.29 is 5.21 Å². The zero-order chi connectivity index (χ0) is 11.7. The fourth-order valence-electron chi connectivity index (χ4n) is 2.05. The average Bonchev–Trinajstić information content (AvgIpc) is 2.83. The third-order valence-corrected chi connectivity index (χ3v) is 2.89. The summed E-state index contributed by atoms with van der Waals surface area (Å²) in [5, 5.41) is 21.0. The Bertz CT molecular complexity index is 559. The molecule has 0 saturated carbocycles. The second-order valence-electron chi connectivity index (χ2n) is 4.02. The van der Waals surface area contributed by atoms with Crippen LogP contribution >= 0.6 is 0 Å². The molecular formula is C12H12N4O. The maximum Gasteiger partial charge on any atom is 0.134 e. The Hall–Kier alpha value is -2.17. The van der Waals surface area contributed by atoms with Gasteiger partial charge in [-0.1, -0.05) is 23.4 Å². The van der Waals surface area contributed by atoms with E-state index in [2.05, 4.69) is 15.4 Å². The molecule has 0 unspecified atom stereocenters. The highest BCUT2D eigenvalue weighted by Gasteiger charge is 2.22. The number of aryl methyl sites for hydroxylation is 1. The highest BCUT2D eigenvalue weighted by molar-refractivity contribution is 6.00. The summed E-state index contributed by atoms with van der Waals surface area (Å²) in [5.41, 5.74) is 3.18. The van der Waals surface area contributed by atoms with Crippen molar-refractivity contribution >= 4 is 5.71 Å². The van der Waals surface area contributed by atoms with Gasteiger partial charge in [0.15, 0.2) is 0 Å². The molecule has 2 aromatic rings. The van der Waals surface area contributed by atoms with Crippen LogP contribution in [0.5, 0.6) is 0 Å². The molecule has 1 N–H and O–H groups in total. The first-order valence-electron chi connectivity index (χ1n) is 5.61. The summed E-state index contributed by atoms with van der Waals surface area (Å²) in [5.74, 6) is 0. The zero-order valence-electron chi connectivity index (χ0n) is 9.24. The number of nitrogens with zero attached hydrogens (tertiary/aromatic N) is 4. The van der Waals surface area contributed by atoms with Crippen molar-refractivity contribution in [1.29, 1.82) is 0 Å². The summed E-state index contributed by atoms with van der Waals surface area (Å²) in [4.78, 5) is 1.60. The number of fused-ring (bicyclic) bond motifs is 1. The minimum Gasteiger partial charge on any atom is -0.411 e. The molecule has 17 heavy (non-hydrogen) atoms. The lowest BCUT2D eigenvalue weighted by atomic mass is 9.99. The lowest BCUT2D eigenvalue weighted by Crippen LogP contribution is -2.11. The Morgan fingerprint density at radius 1 is 1.12 bits per heavy atom. The molecule has 86 valence electrons. The summed E-state index contributed by atoms with van der Waals surface area (Å²) in [6.07, 6.45) is 2.61. The molecular weight excluding hydrogens is 216 g/mol. The van der Waals surface area contributed by atoms with Crippen molar-refractivity contribution in [2.24, 2.45) is 5.16 Å². The van der Waals surface area contributed by atoms with Gasteiger partial charge in [-0.25, -0.2) is 0 Å². The highest BCUT2D eigenvalue weighted by Crippen LogP contribution is 2.19. The predicted molar refractivity (Wildman–Crippen MR) is 62.6 cm³/mol. The van der Waals surface area contributed by atoms with E-state index in [0.717, 1.165) is 36.3 Å². The zero-order valence-corrected chi connectivity index (χ0v) is 9.24. The minimum atomic E-state index is 0.633. The summed E-state index contributed by atoms with van der Waals surface area (Å²) in [6, 6.07) is 9.73. The molecule has 5 heteroatoms. The smallest absolute Gasteiger partial charge is 0.134 e. The Labute approximate surface area is 98.4 Å². The highest BCUT2D eigenvalue weighted by atomic mass is 16.4. The van der Waals surface area contributed by atoms with E-state index in [4.69, 9.17) is 5.21 Å². The van der Waals surface area contributed by atoms with Crippen molar-refractivity contribution in [2.75, 3.05) is 0 Å². The van der Waals surface area contributed by atoms with Crippen LogP contribution in [-0.2, 0) is 6.42 Å². The Kier molecular flexibility index (Phi) is 2.36. The summed E-state index contributed by atoms with van der Waals surface area (Å²) in [6.45, 7) is 0. The van der Waals surface area contributed by atoms with E-state index in [1.165, 1.54) is 0 Å². The Morgan fingerprint density at radius 3 is 2.71 bits per heavy atom. The molecule has 1 aliphatic carbocycles. The molecule has 1 heterocycles. The van der Waals surface area contributed by atoms with Crippen molar-refractivity contribution in [3.63, 3.8) is 0 Å². The molecule has 0 radical (unpaired) electrons. The van der Waals surface area contributed by atoms with Crippen molar-refractivity contribution in [3.8, 4) is 5.69 Å². The van der Waals surface area contributed by atoms with Crippen molar-refractivity contribution in [1.82, 2.24) is 15.0 Å². The van der Waals surface area contributed by atoms with Gasteiger partial charge in [0.05, 0.1) is 11.4 Å². The quantitative estimate of drug-likeness (QED) is 0.597. The minimum absolute atomic E-state index is 0.633.